The molecule has 0 aliphatic heterocycles. The van der Waals surface area contributed by atoms with E-state index >= 15 is 0 Å². The van der Waals surface area contributed by atoms with E-state index in [4.69, 9.17) is 23.2 Å². The number of carbonyl (C=O) groups is 1. The summed E-state index contributed by atoms with van der Waals surface area (Å²) in [5.41, 5.74) is 3.10. The molecule has 0 aliphatic carbocycles. The highest BCUT2D eigenvalue weighted by Crippen LogP contribution is 2.35. The molecule has 0 atom stereocenters. The van der Waals surface area contributed by atoms with Gasteiger partial charge in [-0.3, -0.25) is 9.36 Å². The van der Waals surface area contributed by atoms with Crippen LogP contribution in [0.4, 0.5) is 0 Å². The van der Waals surface area contributed by atoms with Crippen LogP contribution in [0.3, 0.4) is 0 Å². The maximum Gasteiger partial charge on any atom is 0.270 e. The maximum absolute atomic E-state index is 12.4. The van der Waals surface area contributed by atoms with Crippen LogP contribution >= 0.6 is 46.3 Å². The van der Waals surface area contributed by atoms with Crippen LogP contribution in [-0.2, 0) is 5.75 Å². The first-order valence-corrected chi connectivity index (χ1v) is 13.4. The molecule has 0 saturated carbocycles. The second-order valence-electron chi connectivity index (χ2n) is 8.03. The van der Waals surface area contributed by atoms with Crippen LogP contribution < -0.4 is 5.32 Å². The van der Waals surface area contributed by atoms with Gasteiger partial charge in [0.25, 0.3) is 5.91 Å². The summed E-state index contributed by atoms with van der Waals surface area (Å²) < 4.78 is 1.97. The first-order chi connectivity index (χ1) is 16.8. The molecule has 0 unspecified atom stereocenters. The van der Waals surface area contributed by atoms with Crippen molar-refractivity contribution >= 4 is 52.2 Å². The lowest BCUT2D eigenvalue weighted by Crippen LogP contribution is -2.31. The smallest absolute Gasteiger partial charge is 0.270 e. The summed E-state index contributed by atoms with van der Waals surface area (Å²) in [4.78, 5) is 18.9. The van der Waals surface area contributed by atoms with E-state index in [0.29, 0.717) is 39.0 Å². The second kappa shape index (κ2) is 11.5. The molecule has 7 nitrogen and oxygen atoms in total. The number of hydrogen-bond donors (Lipinski definition) is 1. The van der Waals surface area contributed by atoms with E-state index in [2.05, 4.69) is 20.5 Å². The molecule has 0 spiro atoms. The van der Waals surface area contributed by atoms with Gasteiger partial charge in [0.1, 0.15) is 10.7 Å². The molecule has 2 heterocycles. The average Bonchev–Trinajstić information content (AvgIpc) is 3.46. The number of nitrogens with one attached hydrogen (secondary N) is 1. The number of thiazole rings is 1. The maximum atomic E-state index is 12.4. The third-order valence-electron chi connectivity index (χ3n) is 5.11. The van der Waals surface area contributed by atoms with Gasteiger partial charge in [0, 0.05) is 29.1 Å². The lowest BCUT2D eigenvalue weighted by atomic mass is 10.1. The molecule has 0 aliphatic rings. The first-order valence-electron chi connectivity index (χ1n) is 10.8. The highest BCUT2D eigenvalue weighted by molar-refractivity contribution is 7.98. The molecule has 182 valence electrons. The Morgan fingerprint density at radius 3 is 2.74 bits per heavy atom. The fraction of sp³-hybridized carbons (Fsp3) is 0.250. The van der Waals surface area contributed by atoms with Gasteiger partial charge in [0.2, 0.25) is 0 Å². The molecule has 1 amide bonds. The number of thioether (sulfide) groups is 1. The summed E-state index contributed by atoms with van der Waals surface area (Å²) in [6.45, 7) is 3.35. The Morgan fingerprint density at radius 2 is 1.97 bits per heavy atom. The van der Waals surface area contributed by atoms with Crippen molar-refractivity contribution in [2.45, 2.75) is 17.8 Å². The Kier molecular flexibility index (Phi) is 8.46. The van der Waals surface area contributed by atoms with Crippen LogP contribution in [0.5, 0.6) is 0 Å². The van der Waals surface area contributed by atoms with Crippen LogP contribution in [-0.4, -0.2) is 57.7 Å². The standard InChI is InChI=1S/C24H24Cl2N6OS2/c1-15-8-9-16(25)12-20(15)32-22(17-6-4-5-7-18(17)26)29-30-24(32)35-14-21-28-19(13-34-21)23(33)27-10-11-31(2)3/h4-9,12-13H,10-11,14H2,1-3H3,(H,27,33). The van der Waals surface area contributed by atoms with E-state index in [9.17, 15) is 4.79 Å². The van der Waals surface area contributed by atoms with Crippen LogP contribution in [0.25, 0.3) is 17.1 Å². The Balaban J connectivity index is 1.59. The van der Waals surface area contributed by atoms with Crippen molar-refractivity contribution < 1.29 is 4.79 Å². The van der Waals surface area contributed by atoms with Gasteiger partial charge < -0.3 is 10.2 Å². The van der Waals surface area contributed by atoms with E-state index in [-0.39, 0.29) is 5.91 Å². The minimum absolute atomic E-state index is 0.168. The molecule has 0 saturated heterocycles. The molecule has 35 heavy (non-hydrogen) atoms. The van der Waals surface area contributed by atoms with Gasteiger partial charge in [-0.15, -0.1) is 21.5 Å². The van der Waals surface area contributed by atoms with Crippen molar-refractivity contribution in [1.29, 1.82) is 0 Å². The molecule has 0 fully saturated rings. The Labute approximate surface area is 222 Å². The van der Waals surface area contributed by atoms with Gasteiger partial charge in [-0.05, 0) is 50.8 Å². The number of hydrogen-bond acceptors (Lipinski definition) is 7. The zero-order chi connectivity index (χ0) is 24.9. The number of rotatable bonds is 9. The van der Waals surface area contributed by atoms with Gasteiger partial charge in [-0.1, -0.05) is 53.2 Å². The number of amides is 1. The number of halogens is 2. The fourth-order valence-corrected chi connectivity index (χ4v) is 5.44. The van der Waals surface area contributed by atoms with Crippen molar-refractivity contribution in [3.8, 4) is 17.1 Å². The number of benzene rings is 2. The van der Waals surface area contributed by atoms with Gasteiger partial charge >= 0.3 is 0 Å². The topological polar surface area (TPSA) is 75.9 Å². The minimum atomic E-state index is -0.168. The predicted molar refractivity (Wildman–Crippen MR) is 144 cm³/mol. The molecule has 1 N–H and O–H groups in total. The third kappa shape index (κ3) is 6.23. The van der Waals surface area contributed by atoms with Crippen molar-refractivity contribution in [2.75, 3.05) is 27.2 Å². The van der Waals surface area contributed by atoms with Crippen LogP contribution in [0.15, 0.2) is 53.0 Å². The number of carbonyl (C=O) groups excluding carboxylic acids is 1. The molecule has 2 aromatic carbocycles. The Morgan fingerprint density at radius 1 is 1.17 bits per heavy atom. The highest BCUT2D eigenvalue weighted by Gasteiger charge is 2.20. The van der Waals surface area contributed by atoms with Gasteiger partial charge in [-0.2, -0.15) is 0 Å². The van der Waals surface area contributed by atoms with Crippen LogP contribution in [0.2, 0.25) is 10.0 Å². The number of likely N-dealkylation sites (N-methyl/N-ethyl adjacent to an activating group) is 1. The molecule has 0 bridgehead atoms. The Hall–Kier alpha value is -2.43. The van der Waals surface area contributed by atoms with Gasteiger partial charge in [0.05, 0.1) is 16.5 Å². The van der Waals surface area contributed by atoms with Crippen LogP contribution in [0, 0.1) is 6.92 Å². The van der Waals surface area contributed by atoms with Crippen LogP contribution in [0.1, 0.15) is 21.1 Å². The SMILES string of the molecule is Cc1ccc(Cl)cc1-n1c(SCc2nc(C(=O)NCCN(C)C)cs2)nnc1-c1ccccc1Cl. The van der Waals surface area contributed by atoms with Crippen molar-refractivity contribution in [3.63, 3.8) is 0 Å². The zero-order valence-corrected chi connectivity index (χ0v) is 22.6. The third-order valence-corrected chi connectivity index (χ3v) is 7.65. The second-order valence-corrected chi connectivity index (χ2v) is 10.8. The fourth-order valence-electron chi connectivity index (χ4n) is 3.31. The number of aromatic nitrogens is 4. The van der Waals surface area contributed by atoms with Gasteiger partial charge in [-0.25, -0.2) is 4.98 Å². The highest BCUT2D eigenvalue weighted by atomic mass is 35.5. The van der Waals surface area contributed by atoms with Crippen molar-refractivity contribution in [3.05, 3.63) is 74.2 Å². The molecule has 0 radical (unpaired) electrons. The van der Waals surface area contributed by atoms with E-state index < -0.39 is 0 Å². The van der Waals surface area contributed by atoms with E-state index in [1.807, 2.05) is 73.0 Å². The molecular weight excluding hydrogens is 523 g/mol. The summed E-state index contributed by atoms with van der Waals surface area (Å²) >= 11 is 15.8. The predicted octanol–water partition coefficient (Wildman–Crippen LogP) is 5.59. The Bertz CT molecular complexity index is 1340. The molecule has 4 aromatic rings. The molecule has 4 rings (SSSR count). The average molecular weight is 548 g/mol. The number of nitrogens with zero attached hydrogens (tertiary/aromatic N) is 5. The normalized spacial score (nSPS) is 11.3. The summed E-state index contributed by atoms with van der Waals surface area (Å²) in [6.07, 6.45) is 0. The van der Waals surface area contributed by atoms with E-state index in [1.54, 1.807) is 5.38 Å². The molecule has 11 heteroatoms. The van der Waals surface area contributed by atoms with Crippen molar-refractivity contribution in [1.82, 2.24) is 30.0 Å². The monoisotopic (exact) mass is 546 g/mol. The molecule has 2 aromatic heterocycles. The lowest BCUT2D eigenvalue weighted by molar-refractivity contribution is 0.0946. The number of aryl methyl sites for hydroxylation is 1. The lowest BCUT2D eigenvalue weighted by Gasteiger charge is -2.14. The van der Waals surface area contributed by atoms with Gasteiger partial charge in [0.15, 0.2) is 11.0 Å². The summed E-state index contributed by atoms with van der Waals surface area (Å²) in [6, 6.07) is 13.2. The first kappa shape index (κ1) is 25.7. The molecular formula is C24H24Cl2N6OS2. The minimum Gasteiger partial charge on any atom is -0.349 e. The summed E-state index contributed by atoms with van der Waals surface area (Å²) in [5, 5.41) is 16.3. The summed E-state index contributed by atoms with van der Waals surface area (Å²) in [5.74, 6) is 0.997. The quantitative estimate of drug-likeness (QED) is 0.276. The summed E-state index contributed by atoms with van der Waals surface area (Å²) in [7, 11) is 3.93. The zero-order valence-electron chi connectivity index (χ0n) is 19.5. The van der Waals surface area contributed by atoms with E-state index in [0.717, 1.165) is 28.4 Å². The van der Waals surface area contributed by atoms with E-state index in [1.165, 1.54) is 23.1 Å². The van der Waals surface area contributed by atoms with Crippen molar-refractivity contribution in [2.24, 2.45) is 0 Å². The largest absolute Gasteiger partial charge is 0.349 e.